The Morgan fingerprint density at radius 2 is 2.16 bits per heavy atom. The van der Waals surface area contributed by atoms with Crippen molar-refractivity contribution >= 4 is 41.2 Å². The zero-order valence-electron chi connectivity index (χ0n) is 14.2. The molecule has 3 aliphatic rings. The fourth-order valence-electron chi connectivity index (χ4n) is 3.50. The van der Waals surface area contributed by atoms with Crippen LogP contribution < -0.4 is 0 Å². The minimum atomic E-state index is -1.10. The lowest BCUT2D eigenvalue weighted by atomic mass is 9.90. The third-order valence-corrected chi connectivity index (χ3v) is 7.59. The molecule has 0 spiro atoms. The highest BCUT2D eigenvalue weighted by molar-refractivity contribution is 8.23. The van der Waals surface area contributed by atoms with Crippen LogP contribution in [-0.2, 0) is 14.4 Å². The summed E-state index contributed by atoms with van der Waals surface area (Å²) >= 11 is 2.86. The summed E-state index contributed by atoms with van der Waals surface area (Å²) in [5.74, 6) is -1.81. The van der Waals surface area contributed by atoms with Gasteiger partial charge in [0, 0.05) is 11.8 Å². The first kappa shape index (κ1) is 18.8. The van der Waals surface area contributed by atoms with Crippen molar-refractivity contribution < 1.29 is 24.6 Å². The number of hydrogen-bond donors (Lipinski definition) is 2. The van der Waals surface area contributed by atoms with E-state index in [9.17, 15) is 24.6 Å². The topological polar surface area (TPSA) is 98.2 Å². The number of likely N-dealkylation sites (tertiary alicyclic amines) is 1. The van der Waals surface area contributed by atoms with Gasteiger partial charge in [0.05, 0.1) is 22.8 Å². The molecule has 25 heavy (non-hydrogen) atoms. The number of rotatable bonds is 7. The number of thioether (sulfide) groups is 2. The number of aliphatic carboxylic acids is 1. The summed E-state index contributed by atoms with van der Waals surface area (Å²) in [5, 5.41) is 19.5. The molecule has 3 rings (SSSR count). The van der Waals surface area contributed by atoms with Crippen LogP contribution in [0.5, 0.6) is 0 Å². The van der Waals surface area contributed by atoms with Gasteiger partial charge in [-0.05, 0) is 26.3 Å². The lowest BCUT2D eigenvalue weighted by molar-refractivity contribution is -0.157. The zero-order chi connectivity index (χ0) is 18.3. The van der Waals surface area contributed by atoms with Crippen LogP contribution in [0.2, 0.25) is 0 Å². The number of nitrogens with zero attached hydrogens (tertiary/aromatic N) is 2. The van der Waals surface area contributed by atoms with Gasteiger partial charge in [-0.2, -0.15) is 0 Å². The molecule has 0 aliphatic carbocycles. The molecule has 1 amide bonds. The summed E-state index contributed by atoms with van der Waals surface area (Å²) in [7, 11) is 0. The highest BCUT2D eigenvalue weighted by Crippen LogP contribution is 2.55. The van der Waals surface area contributed by atoms with Gasteiger partial charge in [0.1, 0.15) is 11.2 Å². The van der Waals surface area contributed by atoms with Crippen molar-refractivity contribution in [3.63, 3.8) is 0 Å². The SMILES string of the molecule is CC[C@H](O)[C@@H]1C(=O)N2C(C(=O)O)=C(SC3CCN(CC(C)=O)C3)S[C@H]12. The second kappa shape index (κ2) is 7.30. The Hall–Kier alpha value is -1.03. The van der Waals surface area contributed by atoms with E-state index < -0.39 is 18.0 Å². The number of fused-ring (bicyclic) bond motifs is 1. The molecule has 2 saturated heterocycles. The first-order valence-corrected chi connectivity index (χ1v) is 10.1. The predicted octanol–water partition coefficient (Wildman–Crippen LogP) is 0.939. The molecule has 9 heteroatoms. The number of aliphatic hydroxyl groups excluding tert-OH is 1. The molecule has 2 fully saturated rings. The second-order valence-electron chi connectivity index (χ2n) is 6.62. The normalized spacial score (nSPS) is 30.4. The Bertz CT molecular complexity index is 638. The minimum Gasteiger partial charge on any atom is -0.477 e. The van der Waals surface area contributed by atoms with E-state index in [1.807, 2.05) is 6.92 Å². The maximum Gasteiger partial charge on any atom is 0.354 e. The number of carboxylic acids is 1. The van der Waals surface area contributed by atoms with Gasteiger partial charge in [-0.1, -0.05) is 18.7 Å². The van der Waals surface area contributed by atoms with Gasteiger partial charge in [0.15, 0.2) is 5.70 Å². The van der Waals surface area contributed by atoms with Crippen LogP contribution in [-0.4, -0.2) is 74.0 Å². The van der Waals surface area contributed by atoms with E-state index in [4.69, 9.17) is 0 Å². The number of carbonyl (C=O) groups is 3. The number of ketones is 1. The van der Waals surface area contributed by atoms with Gasteiger partial charge < -0.3 is 10.2 Å². The average molecular weight is 386 g/mol. The van der Waals surface area contributed by atoms with Crippen LogP contribution in [0.3, 0.4) is 0 Å². The Balaban J connectivity index is 1.70. The molecule has 0 radical (unpaired) electrons. The number of carbonyl (C=O) groups excluding carboxylic acids is 2. The van der Waals surface area contributed by atoms with Crippen molar-refractivity contribution in [2.45, 2.75) is 43.4 Å². The van der Waals surface area contributed by atoms with Crippen LogP contribution in [0.1, 0.15) is 26.7 Å². The zero-order valence-corrected chi connectivity index (χ0v) is 15.8. The average Bonchev–Trinajstić information content (AvgIpc) is 3.09. The Labute approximate surface area is 154 Å². The number of carboxylic acid groups (broad SMARTS) is 1. The van der Waals surface area contributed by atoms with Crippen LogP contribution in [0.15, 0.2) is 9.93 Å². The van der Waals surface area contributed by atoms with E-state index in [2.05, 4.69) is 4.90 Å². The van der Waals surface area contributed by atoms with Crippen LogP contribution in [0, 0.1) is 5.92 Å². The predicted molar refractivity (Wildman–Crippen MR) is 95.8 cm³/mol. The summed E-state index contributed by atoms with van der Waals surface area (Å²) in [6.07, 6.45) is 0.613. The van der Waals surface area contributed by atoms with E-state index >= 15 is 0 Å². The van der Waals surface area contributed by atoms with E-state index in [0.717, 1.165) is 19.5 Å². The number of amides is 1. The summed E-state index contributed by atoms with van der Waals surface area (Å²) in [6.45, 7) is 5.35. The largest absolute Gasteiger partial charge is 0.477 e. The van der Waals surface area contributed by atoms with Crippen molar-refractivity contribution in [2.75, 3.05) is 19.6 Å². The molecule has 0 aromatic rings. The maximum absolute atomic E-state index is 12.3. The summed E-state index contributed by atoms with van der Waals surface area (Å²) in [4.78, 5) is 38.6. The van der Waals surface area contributed by atoms with Crippen molar-refractivity contribution in [2.24, 2.45) is 5.92 Å². The smallest absolute Gasteiger partial charge is 0.354 e. The summed E-state index contributed by atoms with van der Waals surface area (Å²) in [5.41, 5.74) is 0.0505. The van der Waals surface area contributed by atoms with Gasteiger partial charge in [-0.3, -0.25) is 19.4 Å². The van der Waals surface area contributed by atoms with Gasteiger partial charge in [-0.15, -0.1) is 11.8 Å². The molecule has 0 aromatic heterocycles. The van der Waals surface area contributed by atoms with Crippen molar-refractivity contribution in [3.8, 4) is 0 Å². The van der Waals surface area contributed by atoms with E-state index in [1.54, 1.807) is 6.92 Å². The van der Waals surface area contributed by atoms with Crippen LogP contribution >= 0.6 is 23.5 Å². The number of β-lactam (4-membered cyclic amide) rings is 1. The monoisotopic (exact) mass is 386 g/mol. The number of aliphatic hydroxyl groups is 1. The van der Waals surface area contributed by atoms with Gasteiger partial charge in [0.2, 0.25) is 5.91 Å². The molecular weight excluding hydrogens is 364 g/mol. The second-order valence-corrected chi connectivity index (χ2v) is 9.32. The van der Waals surface area contributed by atoms with Gasteiger partial charge in [-0.25, -0.2) is 4.79 Å². The molecule has 1 unspecified atom stereocenters. The molecule has 2 N–H and O–H groups in total. The molecule has 3 heterocycles. The van der Waals surface area contributed by atoms with Crippen molar-refractivity contribution in [1.82, 2.24) is 9.80 Å². The van der Waals surface area contributed by atoms with E-state index in [1.165, 1.54) is 28.4 Å². The quantitative estimate of drug-likeness (QED) is 0.624. The summed E-state index contributed by atoms with van der Waals surface area (Å²) in [6, 6.07) is 0. The fourth-order valence-corrected chi connectivity index (χ4v) is 6.81. The molecule has 138 valence electrons. The molecule has 4 atom stereocenters. The molecule has 0 saturated carbocycles. The van der Waals surface area contributed by atoms with Crippen molar-refractivity contribution in [3.05, 3.63) is 9.93 Å². The molecule has 0 bridgehead atoms. The maximum atomic E-state index is 12.3. The number of hydrogen-bond acceptors (Lipinski definition) is 7. The minimum absolute atomic E-state index is 0.0505. The molecule has 7 nitrogen and oxygen atoms in total. The molecule has 3 aliphatic heterocycles. The first-order chi connectivity index (χ1) is 11.8. The van der Waals surface area contributed by atoms with Gasteiger partial charge in [0.25, 0.3) is 0 Å². The fraction of sp³-hybridized carbons (Fsp3) is 0.688. The third kappa shape index (κ3) is 3.47. The lowest BCUT2D eigenvalue weighted by Gasteiger charge is -2.44. The first-order valence-electron chi connectivity index (χ1n) is 8.37. The summed E-state index contributed by atoms with van der Waals surface area (Å²) < 4.78 is 0.645. The van der Waals surface area contributed by atoms with Crippen LogP contribution in [0.4, 0.5) is 0 Å². The third-order valence-electron chi connectivity index (χ3n) is 4.73. The van der Waals surface area contributed by atoms with Crippen LogP contribution in [0.25, 0.3) is 0 Å². The lowest BCUT2D eigenvalue weighted by Crippen LogP contribution is -2.61. The van der Waals surface area contributed by atoms with Gasteiger partial charge >= 0.3 is 5.97 Å². The Kier molecular flexibility index (Phi) is 5.48. The van der Waals surface area contributed by atoms with E-state index in [-0.39, 0.29) is 28.0 Å². The number of Topliss-reactive ketones (excluding diaryl/α,β-unsaturated/α-hetero) is 1. The molecular formula is C16H22N2O5S2. The van der Waals surface area contributed by atoms with Crippen molar-refractivity contribution in [1.29, 1.82) is 0 Å². The highest BCUT2D eigenvalue weighted by atomic mass is 32.2. The Morgan fingerprint density at radius 3 is 2.76 bits per heavy atom. The standard InChI is InChI=1S/C16H22N2O5S2/c1-3-10(20)11-13(21)18-12(15(22)23)16(25-14(11)18)24-9-4-5-17(7-9)6-8(2)19/h9-11,14,20H,3-7H2,1-2H3,(H,22,23)/t9?,10-,11+,14+/m0/s1. The Morgan fingerprint density at radius 1 is 1.44 bits per heavy atom. The van der Waals surface area contributed by atoms with E-state index in [0.29, 0.717) is 17.2 Å². The molecule has 0 aromatic carbocycles. The highest BCUT2D eigenvalue weighted by Gasteiger charge is 2.58.